The lowest BCUT2D eigenvalue weighted by Gasteiger charge is -2.03. The third-order valence-electron chi connectivity index (χ3n) is 1.81. The Labute approximate surface area is 77.9 Å². The van der Waals surface area contributed by atoms with Crippen molar-refractivity contribution in [2.75, 3.05) is 18.9 Å². The molecule has 0 aromatic carbocycles. The van der Waals surface area contributed by atoms with Crippen LogP contribution in [0.15, 0.2) is 0 Å². The number of anilines is 1. The Balaban J connectivity index is 2.32. The Hall–Kier alpha value is -1.10. The smallest absolute Gasteiger partial charge is 0.168 e. The van der Waals surface area contributed by atoms with Gasteiger partial charge in [-0.3, -0.25) is 0 Å². The molecule has 0 aliphatic heterocycles. The first-order chi connectivity index (χ1) is 6.25. The summed E-state index contributed by atoms with van der Waals surface area (Å²) in [5, 5.41) is 7.62. The summed E-state index contributed by atoms with van der Waals surface area (Å²) < 4.78 is 7.08. The average Bonchev–Trinajstić information content (AvgIpc) is 2.43. The second-order valence-electron chi connectivity index (χ2n) is 2.90. The molecule has 13 heavy (non-hydrogen) atoms. The molecule has 1 aromatic rings. The second kappa shape index (κ2) is 4.81. The van der Waals surface area contributed by atoms with Crippen molar-refractivity contribution in [3.63, 3.8) is 0 Å². The van der Waals surface area contributed by atoms with Gasteiger partial charge in [0.15, 0.2) is 5.82 Å². The number of hydrogen-bond acceptors (Lipinski definition) is 4. The van der Waals surface area contributed by atoms with Gasteiger partial charge in [-0.2, -0.15) is 0 Å². The zero-order chi connectivity index (χ0) is 9.68. The molecule has 5 heteroatoms. The van der Waals surface area contributed by atoms with Crippen LogP contribution in [0.5, 0.6) is 0 Å². The monoisotopic (exact) mass is 184 g/mol. The molecular formula is C8H16N4O. The molecule has 0 unspecified atom stereocenters. The summed E-state index contributed by atoms with van der Waals surface area (Å²) in [7, 11) is 0. The molecule has 0 bridgehead atoms. The number of hydrogen-bond donors (Lipinski definition) is 1. The first-order valence-electron chi connectivity index (χ1n) is 4.49. The maximum absolute atomic E-state index is 5.54. The highest BCUT2D eigenvalue weighted by molar-refractivity contribution is 5.31. The molecular weight excluding hydrogens is 168 g/mol. The summed E-state index contributed by atoms with van der Waals surface area (Å²) in [6.07, 6.45) is 1.04. The highest BCUT2D eigenvalue weighted by atomic mass is 16.5. The van der Waals surface area contributed by atoms with Gasteiger partial charge in [0.2, 0.25) is 0 Å². The minimum absolute atomic E-state index is 0.496. The summed E-state index contributed by atoms with van der Waals surface area (Å²) in [4.78, 5) is 0. The first kappa shape index (κ1) is 9.98. The average molecular weight is 184 g/mol. The molecule has 0 atom stereocenters. The van der Waals surface area contributed by atoms with Gasteiger partial charge in [-0.1, -0.05) is 12.1 Å². The third-order valence-corrected chi connectivity index (χ3v) is 1.81. The number of aromatic nitrogens is 3. The van der Waals surface area contributed by atoms with Crippen molar-refractivity contribution in [3.8, 4) is 0 Å². The molecule has 2 N–H and O–H groups in total. The van der Waals surface area contributed by atoms with Crippen molar-refractivity contribution in [2.45, 2.75) is 26.8 Å². The molecule has 0 radical (unpaired) electrons. The number of nitrogens with zero attached hydrogens (tertiary/aromatic N) is 3. The van der Waals surface area contributed by atoms with E-state index >= 15 is 0 Å². The van der Waals surface area contributed by atoms with Crippen LogP contribution in [0.1, 0.15) is 19.0 Å². The van der Waals surface area contributed by atoms with Gasteiger partial charge < -0.3 is 10.5 Å². The minimum Gasteiger partial charge on any atom is -0.381 e. The molecule has 1 aromatic heterocycles. The molecule has 74 valence electrons. The Kier molecular flexibility index (Phi) is 3.70. The molecule has 0 saturated heterocycles. The van der Waals surface area contributed by atoms with E-state index in [0.717, 1.165) is 25.3 Å². The number of nitrogens with two attached hydrogens (primary N) is 1. The zero-order valence-corrected chi connectivity index (χ0v) is 8.16. The first-order valence-corrected chi connectivity index (χ1v) is 4.49. The van der Waals surface area contributed by atoms with Crippen molar-refractivity contribution < 1.29 is 4.74 Å². The van der Waals surface area contributed by atoms with E-state index in [9.17, 15) is 0 Å². The Morgan fingerprint density at radius 1 is 1.46 bits per heavy atom. The SMILES string of the molecule is CCCOCCn1nnc(N)c1C. The van der Waals surface area contributed by atoms with Gasteiger partial charge in [0, 0.05) is 6.61 Å². The van der Waals surface area contributed by atoms with Crippen molar-refractivity contribution in [1.29, 1.82) is 0 Å². The van der Waals surface area contributed by atoms with Crippen LogP contribution in [0.3, 0.4) is 0 Å². The van der Waals surface area contributed by atoms with E-state index in [4.69, 9.17) is 10.5 Å². The van der Waals surface area contributed by atoms with E-state index in [-0.39, 0.29) is 0 Å². The number of nitrogen functional groups attached to an aromatic ring is 1. The molecule has 0 aliphatic rings. The van der Waals surface area contributed by atoms with Gasteiger partial charge in [-0.25, -0.2) is 4.68 Å². The number of rotatable bonds is 5. The van der Waals surface area contributed by atoms with E-state index in [1.807, 2.05) is 6.92 Å². The Bertz CT molecular complexity index is 259. The largest absolute Gasteiger partial charge is 0.381 e. The fraction of sp³-hybridized carbons (Fsp3) is 0.750. The van der Waals surface area contributed by atoms with E-state index < -0.39 is 0 Å². The topological polar surface area (TPSA) is 66.0 Å². The zero-order valence-electron chi connectivity index (χ0n) is 8.16. The van der Waals surface area contributed by atoms with E-state index in [0.29, 0.717) is 12.4 Å². The molecule has 0 fully saturated rings. The normalized spacial score (nSPS) is 10.6. The van der Waals surface area contributed by atoms with Gasteiger partial charge in [-0.15, -0.1) is 5.10 Å². The molecule has 1 heterocycles. The number of ether oxygens (including phenoxy) is 1. The van der Waals surface area contributed by atoms with Crippen LogP contribution in [0.25, 0.3) is 0 Å². The minimum atomic E-state index is 0.496. The van der Waals surface area contributed by atoms with Gasteiger partial charge in [-0.05, 0) is 13.3 Å². The van der Waals surface area contributed by atoms with Gasteiger partial charge in [0.05, 0.1) is 18.8 Å². The fourth-order valence-electron chi connectivity index (χ4n) is 0.984. The Morgan fingerprint density at radius 2 is 2.23 bits per heavy atom. The lowest BCUT2D eigenvalue weighted by atomic mass is 10.5. The van der Waals surface area contributed by atoms with E-state index in [2.05, 4.69) is 17.2 Å². The summed E-state index contributed by atoms with van der Waals surface area (Å²) in [5.74, 6) is 0.496. The van der Waals surface area contributed by atoms with Gasteiger partial charge in [0.25, 0.3) is 0 Å². The highest BCUT2D eigenvalue weighted by Gasteiger charge is 2.03. The molecule has 0 aliphatic carbocycles. The molecule has 0 spiro atoms. The lowest BCUT2D eigenvalue weighted by molar-refractivity contribution is 0.123. The van der Waals surface area contributed by atoms with Crippen molar-refractivity contribution in [1.82, 2.24) is 15.0 Å². The van der Waals surface area contributed by atoms with Crippen LogP contribution < -0.4 is 5.73 Å². The van der Waals surface area contributed by atoms with Crippen molar-refractivity contribution in [3.05, 3.63) is 5.69 Å². The van der Waals surface area contributed by atoms with E-state index in [1.54, 1.807) is 4.68 Å². The maximum atomic E-state index is 5.54. The van der Waals surface area contributed by atoms with Crippen LogP contribution in [0, 0.1) is 6.92 Å². The van der Waals surface area contributed by atoms with Crippen molar-refractivity contribution in [2.24, 2.45) is 0 Å². The highest BCUT2D eigenvalue weighted by Crippen LogP contribution is 2.03. The maximum Gasteiger partial charge on any atom is 0.168 e. The third kappa shape index (κ3) is 2.69. The van der Waals surface area contributed by atoms with Crippen LogP contribution in [0.2, 0.25) is 0 Å². The van der Waals surface area contributed by atoms with Crippen LogP contribution in [-0.4, -0.2) is 28.2 Å². The van der Waals surface area contributed by atoms with Crippen molar-refractivity contribution >= 4 is 5.82 Å². The summed E-state index contributed by atoms with van der Waals surface area (Å²) in [6.45, 7) is 6.16. The molecule has 1 rings (SSSR count). The predicted octanol–water partition coefficient (Wildman–Crippen LogP) is 0.595. The standard InChI is InChI=1S/C8H16N4O/c1-3-5-13-6-4-12-7(2)8(9)10-11-12/h3-6,9H2,1-2H3. The second-order valence-corrected chi connectivity index (χ2v) is 2.90. The van der Waals surface area contributed by atoms with Crippen LogP contribution in [0.4, 0.5) is 5.82 Å². The molecule has 0 saturated carbocycles. The van der Waals surface area contributed by atoms with Crippen LogP contribution >= 0.6 is 0 Å². The van der Waals surface area contributed by atoms with Gasteiger partial charge >= 0.3 is 0 Å². The molecule has 5 nitrogen and oxygen atoms in total. The Morgan fingerprint density at radius 3 is 2.77 bits per heavy atom. The van der Waals surface area contributed by atoms with E-state index in [1.165, 1.54) is 0 Å². The fourth-order valence-corrected chi connectivity index (χ4v) is 0.984. The predicted molar refractivity (Wildman–Crippen MR) is 50.3 cm³/mol. The van der Waals surface area contributed by atoms with Crippen LogP contribution in [-0.2, 0) is 11.3 Å². The summed E-state index contributed by atoms with van der Waals surface area (Å²) >= 11 is 0. The van der Waals surface area contributed by atoms with Gasteiger partial charge in [0.1, 0.15) is 0 Å². The summed E-state index contributed by atoms with van der Waals surface area (Å²) in [5.41, 5.74) is 6.44. The molecule has 0 amide bonds. The lowest BCUT2D eigenvalue weighted by Crippen LogP contribution is -2.09. The quantitative estimate of drug-likeness (QED) is 0.680. The summed E-state index contributed by atoms with van der Waals surface area (Å²) in [6, 6.07) is 0.